The van der Waals surface area contributed by atoms with Crippen LogP contribution in [-0.2, 0) is 9.53 Å². The molecule has 2 N–H and O–H groups in total. The van der Waals surface area contributed by atoms with E-state index in [-0.39, 0.29) is 13.0 Å². The van der Waals surface area contributed by atoms with Gasteiger partial charge >= 0.3 is 5.97 Å². The van der Waals surface area contributed by atoms with Crippen LogP contribution in [0.25, 0.3) is 0 Å². The summed E-state index contributed by atoms with van der Waals surface area (Å²) in [7, 11) is 0. The van der Waals surface area contributed by atoms with Crippen molar-refractivity contribution in [2.45, 2.75) is 25.8 Å². The second kappa shape index (κ2) is 6.89. The van der Waals surface area contributed by atoms with Crippen LogP contribution in [0, 0.1) is 0 Å². The molecule has 19 heavy (non-hydrogen) atoms. The van der Waals surface area contributed by atoms with Gasteiger partial charge in [-0.1, -0.05) is 25.1 Å². The third-order valence-corrected chi connectivity index (χ3v) is 2.93. The van der Waals surface area contributed by atoms with Gasteiger partial charge in [0.15, 0.2) is 5.54 Å². The molecule has 0 spiro atoms. The Hall–Kier alpha value is -1.88. The second-order valence-corrected chi connectivity index (χ2v) is 4.13. The fourth-order valence-corrected chi connectivity index (χ4v) is 1.65. The topological polar surface area (TPSA) is 75.6 Å². The molecule has 1 amide bonds. The molecule has 1 aromatic carbocycles. The number of esters is 1. The van der Waals surface area contributed by atoms with Crippen molar-refractivity contribution in [2.75, 3.05) is 13.2 Å². The van der Waals surface area contributed by atoms with Crippen LogP contribution in [0.1, 0.15) is 30.6 Å². The number of rotatable bonds is 6. The Bertz CT molecular complexity index is 426. The number of aliphatic hydroxyl groups is 1. The first kappa shape index (κ1) is 15.2. The van der Waals surface area contributed by atoms with E-state index in [0.717, 1.165) is 0 Å². The standard InChI is InChI=1S/C14H19NO4/c1-3-14(10-16,13(18)19-4-2)15-12(17)11-8-6-5-7-9-11/h5-9,16H,3-4,10H2,1-2H3,(H,15,17)/t14-/m0/s1. The zero-order valence-electron chi connectivity index (χ0n) is 11.2. The summed E-state index contributed by atoms with van der Waals surface area (Å²) >= 11 is 0. The van der Waals surface area contributed by atoms with E-state index in [1.807, 2.05) is 0 Å². The third kappa shape index (κ3) is 3.54. The van der Waals surface area contributed by atoms with Crippen molar-refractivity contribution in [2.24, 2.45) is 0 Å². The monoisotopic (exact) mass is 265 g/mol. The SMILES string of the molecule is CCOC(=O)[C@](CC)(CO)NC(=O)c1ccccc1. The van der Waals surface area contributed by atoms with Crippen molar-refractivity contribution in [1.82, 2.24) is 5.32 Å². The van der Waals surface area contributed by atoms with Gasteiger partial charge < -0.3 is 15.2 Å². The summed E-state index contributed by atoms with van der Waals surface area (Å²) in [6, 6.07) is 8.52. The maximum atomic E-state index is 12.1. The maximum Gasteiger partial charge on any atom is 0.334 e. The van der Waals surface area contributed by atoms with Gasteiger partial charge in [0, 0.05) is 5.56 Å². The molecule has 104 valence electrons. The average Bonchev–Trinajstić information content (AvgIpc) is 2.45. The van der Waals surface area contributed by atoms with Gasteiger partial charge in [-0.15, -0.1) is 0 Å². The molecule has 0 bridgehead atoms. The van der Waals surface area contributed by atoms with Gasteiger partial charge in [-0.3, -0.25) is 4.79 Å². The summed E-state index contributed by atoms with van der Waals surface area (Å²) in [5, 5.41) is 12.0. The van der Waals surface area contributed by atoms with Crippen molar-refractivity contribution in [1.29, 1.82) is 0 Å². The molecule has 0 fully saturated rings. The average molecular weight is 265 g/mol. The van der Waals surface area contributed by atoms with Crippen molar-refractivity contribution in [3.8, 4) is 0 Å². The number of nitrogens with one attached hydrogen (secondary N) is 1. The summed E-state index contributed by atoms with van der Waals surface area (Å²) in [6.45, 7) is 3.08. The minimum absolute atomic E-state index is 0.196. The van der Waals surface area contributed by atoms with E-state index < -0.39 is 24.0 Å². The molecular weight excluding hydrogens is 246 g/mol. The molecule has 5 nitrogen and oxygen atoms in total. The number of benzene rings is 1. The zero-order valence-corrected chi connectivity index (χ0v) is 11.2. The Balaban J connectivity index is 2.90. The molecule has 0 saturated carbocycles. The molecule has 0 aliphatic heterocycles. The Morgan fingerprint density at radius 2 is 1.89 bits per heavy atom. The van der Waals surface area contributed by atoms with Gasteiger partial charge in [-0.25, -0.2) is 4.79 Å². The number of hydrogen-bond donors (Lipinski definition) is 2. The van der Waals surface area contributed by atoms with Gasteiger partial charge in [-0.05, 0) is 25.5 Å². The number of aliphatic hydroxyl groups excluding tert-OH is 1. The highest BCUT2D eigenvalue weighted by molar-refractivity contribution is 5.98. The van der Waals surface area contributed by atoms with E-state index in [1.54, 1.807) is 44.2 Å². The first-order chi connectivity index (χ1) is 9.09. The number of carbonyl (C=O) groups is 2. The second-order valence-electron chi connectivity index (χ2n) is 4.13. The highest BCUT2D eigenvalue weighted by Gasteiger charge is 2.39. The lowest BCUT2D eigenvalue weighted by molar-refractivity contribution is -0.152. The molecule has 5 heteroatoms. The number of carbonyl (C=O) groups excluding carboxylic acids is 2. The Morgan fingerprint density at radius 3 is 2.37 bits per heavy atom. The van der Waals surface area contributed by atoms with Gasteiger partial charge in [0.05, 0.1) is 13.2 Å². The molecule has 0 aliphatic rings. The zero-order chi connectivity index (χ0) is 14.3. The normalized spacial score (nSPS) is 13.4. The van der Waals surface area contributed by atoms with Crippen LogP contribution in [0.3, 0.4) is 0 Å². The first-order valence-electron chi connectivity index (χ1n) is 6.25. The van der Waals surface area contributed by atoms with Gasteiger partial charge in [0.2, 0.25) is 0 Å². The van der Waals surface area contributed by atoms with Gasteiger partial charge in [0.25, 0.3) is 5.91 Å². The number of hydrogen-bond acceptors (Lipinski definition) is 4. The lowest BCUT2D eigenvalue weighted by Gasteiger charge is -2.29. The lowest BCUT2D eigenvalue weighted by atomic mass is 9.96. The fourth-order valence-electron chi connectivity index (χ4n) is 1.65. The minimum atomic E-state index is -1.39. The van der Waals surface area contributed by atoms with Crippen molar-refractivity contribution in [3.63, 3.8) is 0 Å². The van der Waals surface area contributed by atoms with Crippen LogP contribution >= 0.6 is 0 Å². The largest absolute Gasteiger partial charge is 0.464 e. The van der Waals surface area contributed by atoms with Crippen LogP contribution in [-0.4, -0.2) is 35.7 Å². The van der Waals surface area contributed by atoms with Crippen molar-refractivity contribution < 1.29 is 19.4 Å². The summed E-state index contributed by atoms with van der Waals surface area (Å²) < 4.78 is 4.91. The lowest BCUT2D eigenvalue weighted by Crippen LogP contribution is -2.57. The molecule has 0 unspecified atom stereocenters. The van der Waals surface area contributed by atoms with E-state index in [2.05, 4.69) is 5.32 Å². The summed E-state index contributed by atoms with van der Waals surface area (Å²) in [5.74, 6) is -1.03. The molecule has 1 aromatic rings. The predicted molar refractivity (Wildman–Crippen MR) is 70.6 cm³/mol. The van der Waals surface area contributed by atoms with Crippen LogP contribution in [0.2, 0.25) is 0 Å². The van der Waals surface area contributed by atoms with E-state index in [4.69, 9.17) is 4.74 Å². The molecular formula is C14H19NO4. The molecule has 0 heterocycles. The van der Waals surface area contributed by atoms with Crippen LogP contribution in [0.5, 0.6) is 0 Å². The van der Waals surface area contributed by atoms with Crippen LogP contribution < -0.4 is 5.32 Å². The van der Waals surface area contributed by atoms with Crippen LogP contribution in [0.15, 0.2) is 30.3 Å². The molecule has 0 aromatic heterocycles. The molecule has 0 saturated heterocycles. The quantitative estimate of drug-likeness (QED) is 0.756. The van der Waals surface area contributed by atoms with E-state index >= 15 is 0 Å². The summed E-state index contributed by atoms with van der Waals surface area (Å²) in [6.07, 6.45) is 0.251. The fraction of sp³-hybridized carbons (Fsp3) is 0.429. The Kier molecular flexibility index (Phi) is 5.51. The molecule has 1 atom stereocenters. The van der Waals surface area contributed by atoms with Crippen molar-refractivity contribution >= 4 is 11.9 Å². The van der Waals surface area contributed by atoms with E-state index in [9.17, 15) is 14.7 Å². The smallest absolute Gasteiger partial charge is 0.334 e. The van der Waals surface area contributed by atoms with Crippen LogP contribution in [0.4, 0.5) is 0 Å². The van der Waals surface area contributed by atoms with Crippen molar-refractivity contribution in [3.05, 3.63) is 35.9 Å². The Labute approximate surface area is 112 Å². The highest BCUT2D eigenvalue weighted by atomic mass is 16.5. The first-order valence-corrected chi connectivity index (χ1v) is 6.25. The molecule has 1 rings (SSSR count). The third-order valence-electron chi connectivity index (χ3n) is 2.93. The highest BCUT2D eigenvalue weighted by Crippen LogP contribution is 2.14. The number of amides is 1. The van der Waals surface area contributed by atoms with Gasteiger partial charge in [0.1, 0.15) is 0 Å². The molecule has 0 radical (unpaired) electrons. The minimum Gasteiger partial charge on any atom is -0.464 e. The maximum absolute atomic E-state index is 12.1. The summed E-state index contributed by atoms with van der Waals surface area (Å²) in [4.78, 5) is 24.0. The summed E-state index contributed by atoms with van der Waals surface area (Å²) in [5.41, 5.74) is -0.957. The van der Waals surface area contributed by atoms with E-state index in [1.165, 1.54) is 0 Å². The predicted octanol–water partition coefficient (Wildman–Crippen LogP) is 1.12. The van der Waals surface area contributed by atoms with Gasteiger partial charge in [-0.2, -0.15) is 0 Å². The van der Waals surface area contributed by atoms with E-state index in [0.29, 0.717) is 5.56 Å². The number of ether oxygens (including phenoxy) is 1. The molecule has 0 aliphatic carbocycles. The Morgan fingerprint density at radius 1 is 1.26 bits per heavy atom.